The summed E-state index contributed by atoms with van der Waals surface area (Å²) in [5.41, 5.74) is 1.37. The van der Waals surface area contributed by atoms with Crippen molar-refractivity contribution in [2.24, 2.45) is 5.92 Å². The topological polar surface area (TPSA) is 82.1 Å². The summed E-state index contributed by atoms with van der Waals surface area (Å²) >= 11 is 0. The maximum atomic E-state index is 12.9. The smallest absolute Gasteiger partial charge is 0.225 e. The van der Waals surface area contributed by atoms with Crippen LogP contribution in [0.5, 0.6) is 0 Å². The van der Waals surface area contributed by atoms with E-state index < -0.39 is 6.10 Å². The van der Waals surface area contributed by atoms with Gasteiger partial charge in [-0.2, -0.15) is 0 Å². The standard InChI is InChI=1S/C28H43N3O4/c32-21-26-25(29-27(33)13-16-30-14-5-2-6-15-30)10-9-24(35-26)20-28(34)31-17-11-23(12-18-31)19-22-7-3-1-4-8-22/h1,3-4,7-8,23-26,32H,2,5-6,9-21H2,(H,29,33)/t24-,25+,26+/m1/s1. The van der Waals surface area contributed by atoms with Gasteiger partial charge in [0.05, 0.1) is 25.2 Å². The molecule has 2 N–H and O–H groups in total. The van der Waals surface area contributed by atoms with Crippen LogP contribution in [0.4, 0.5) is 0 Å². The Labute approximate surface area is 210 Å². The van der Waals surface area contributed by atoms with Crippen LogP contribution in [0.3, 0.4) is 0 Å². The van der Waals surface area contributed by atoms with Crippen molar-refractivity contribution in [2.45, 2.75) is 82.5 Å². The van der Waals surface area contributed by atoms with E-state index in [0.717, 1.165) is 64.8 Å². The minimum Gasteiger partial charge on any atom is -0.394 e. The molecule has 3 fully saturated rings. The zero-order valence-electron chi connectivity index (χ0n) is 21.1. The first-order valence-electron chi connectivity index (χ1n) is 13.7. The molecule has 2 amide bonds. The predicted octanol–water partition coefficient (Wildman–Crippen LogP) is 2.76. The summed E-state index contributed by atoms with van der Waals surface area (Å²) in [5.74, 6) is 0.801. The molecule has 0 unspecified atom stereocenters. The molecular weight excluding hydrogens is 442 g/mol. The largest absolute Gasteiger partial charge is 0.394 e. The maximum Gasteiger partial charge on any atom is 0.225 e. The highest BCUT2D eigenvalue weighted by Gasteiger charge is 2.34. The highest BCUT2D eigenvalue weighted by molar-refractivity contribution is 5.77. The van der Waals surface area contributed by atoms with Crippen LogP contribution in [0.2, 0.25) is 0 Å². The number of aliphatic hydroxyl groups is 1. The van der Waals surface area contributed by atoms with Crippen LogP contribution >= 0.6 is 0 Å². The Morgan fingerprint density at radius 1 is 0.971 bits per heavy atom. The molecule has 0 bridgehead atoms. The van der Waals surface area contributed by atoms with Crippen LogP contribution in [0.1, 0.15) is 63.4 Å². The van der Waals surface area contributed by atoms with E-state index in [2.05, 4.69) is 34.5 Å². The quantitative estimate of drug-likeness (QED) is 0.562. The third kappa shape index (κ3) is 8.02. The van der Waals surface area contributed by atoms with Crippen molar-refractivity contribution >= 4 is 11.8 Å². The Morgan fingerprint density at radius 3 is 2.43 bits per heavy atom. The van der Waals surface area contributed by atoms with Crippen molar-refractivity contribution in [2.75, 3.05) is 39.3 Å². The van der Waals surface area contributed by atoms with Gasteiger partial charge in [-0.1, -0.05) is 36.8 Å². The number of aliphatic hydroxyl groups excluding tert-OH is 1. The second-order valence-electron chi connectivity index (χ2n) is 10.6. The Bertz CT molecular complexity index is 791. The lowest BCUT2D eigenvalue weighted by molar-refractivity contribution is -0.143. The zero-order chi connectivity index (χ0) is 24.5. The molecule has 0 aromatic heterocycles. The molecule has 0 aliphatic carbocycles. The monoisotopic (exact) mass is 485 g/mol. The molecule has 194 valence electrons. The molecule has 7 heteroatoms. The summed E-state index contributed by atoms with van der Waals surface area (Å²) in [4.78, 5) is 29.8. The lowest BCUT2D eigenvalue weighted by Crippen LogP contribution is -2.52. The molecule has 35 heavy (non-hydrogen) atoms. The summed E-state index contributed by atoms with van der Waals surface area (Å²) < 4.78 is 6.08. The average Bonchev–Trinajstić information content (AvgIpc) is 2.90. The fraction of sp³-hybridized carbons (Fsp3) is 0.714. The van der Waals surface area contributed by atoms with Gasteiger partial charge in [0.25, 0.3) is 0 Å². The summed E-state index contributed by atoms with van der Waals surface area (Å²) in [7, 11) is 0. The van der Waals surface area contributed by atoms with Crippen molar-refractivity contribution in [3.05, 3.63) is 35.9 Å². The second kappa shape index (κ2) is 13.4. The molecular formula is C28H43N3O4. The highest BCUT2D eigenvalue weighted by atomic mass is 16.5. The number of amides is 2. The molecule has 3 heterocycles. The molecule has 0 saturated carbocycles. The Hall–Kier alpha value is -1.96. The normalized spacial score (nSPS) is 26.4. The number of ether oxygens (including phenoxy) is 1. The van der Waals surface area contributed by atoms with E-state index in [9.17, 15) is 14.7 Å². The van der Waals surface area contributed by atoms with Crippen LogP contribution in [0, 0.1) is 5.92 Å². The molecule has 0 radical (unpaired) electrons. The van der Waals surface area contributed by atoms with Gasteiger partial charge in [-0.3, -0.25) is 9.59 Å². The Balaban J connectivity index is 1.15. The van der Waals surface area contributed by atoms with Gasteiger partial charge in [0.15, 0.2) is 0 Å². The average molecular weight is 486 g/mol. The maximum absolute atomic E-state index is 12.9. The summed E-state index contributed by atoms with van der Waals surface area (Å²) in [6, 6.07) is 10.4. The third-order valence-corrected chi connectivity index (χ3v) is 7.98. The van der Waals surface area contributed by atoms with E-state index in [1.807, 2.05) is 11.0 Å². The van der Waals surface area contributed by atoms with Crippen molar-refractivity contribution in [1.29, 1.82) is 0 Å². The molecule has 1 aromatic carbocycles. The van der Waals surface area contributed by atoms with Crippen LogP contribution in [0.15, 0.2) is 30.3 Å². The van der Waals surface area contributed by atoms with Crippen molar-refractivity contribution in [3.8, 4) is 0 Å². The highest BCUT2D eigenvalue weighted by Crippen LogP contribution is 2.25. The van der Waals surface area contributed by atoms with Gasteiger partial charge in [-0.05, 0) is 69.5 Å². The fourth-order valence-corrected chi connectivity index (χ4v) is 5.83. The van der Waals surface area contributed by atoms with Crippen LogP contribution in [-0.4, -0.2) is 84.3 Å². The number of hydrogen-bond acceptors (Lipinski definition) is 5. The van der Waals surface area contributed by atoms with Gasteiger partial charge in [0.1, 0.15) is 6.10 Å². The molecule has 0 spiro atoms. The first-order chi connectivity index (χ1) is 17.1. The number of piperidine rings is 2. The van der Waals surface area contributed by atoms with E-state index in [1.54, 1.807) is 0 Å². The number of likely N-dealkylation sites (tertiary alicyclic amines) is 2. The fourth-order valence-electron chi connectivity index (χ4n) is 5.83. The molecule has 1 aromatic rings. The van der Waals surface area contributed by atoms with Gasteiger partial charge in [-0.15, -0.1) is 0 Å². The first kappa shape index (κ1) is 26.1. The summed E-state index contributed by atoms with van der Waals surface area (Å²) in [6.45, 7) is 4.43. The molecule has 3 aliphatic rings. The predicted molar refractivity (Wildman–Crippen MR) is 136 cm³/mol. The van der Waals surface area contributed by atoms with Crippen molar-refractivity contribution in [3.63, 3.8) is 0 Å². The second-order valence-corrected chi connectivity index (χ2v) is 10.6. The van der Waals surface area contributed by atoms with Crippen LogP contribution < -0.4 is 5.32 Å². The molecule has 3 aliphatic heterocycles. The summed E-state index contributed by atoms with van der Waals surface area (Å²) in [5, 5.41) is 13.0. The van der Waals surface area contributed by atoms with Gasteiger partial charge in [0.2, 0.25) is 11.8 Å². The summed E-state index contributed by atoms with van der Waals surface area (Å²) in [6.07, 6.45) is 8.55. The number of carbonyl (C=O) groups excluding carboxylic acids is 2. The molecule has 7 nitrogen and oxygen atoms in total. The minimum atomic E-state index is -0.447. The van der Waals surface area contributed by atoms with E-state index in [4.69, 9.17) is 4.74 Å². The van der Waals surface area contributed by atoms with Crippen LogP contribution in [-0.2, 0) is 20.7 Å². The SMILES string of the molecule is O=C(CCN1CCCCC1)N[C@H]1CC[C@H](CC(=O)N2CCC(Cc3ccccc3)CC2)O[C@H]1CO. The lowest BCUT2D eigenvalue weighted by Gasteiger charge is -2.38. The number of nitrogens with one attached hydrogen (secondary N) is 1. The number of nitrogens with zero attached hydrogens (tertiary/aromatic N) is 2. The number of rotatable bonds is 9. The molecule has 3 saturated heterocycles. The molecule has 3 atom stereocenters. The number of hydrogen-bond donors (Lipinski definition) is 2. The van der Waals surface area contributed by atoms with Crippen LogP contribution in [0.25, 0.3) is 0 Å². The lowest BCUT2D eigenvalue weighted by atomic mass is 9.90. The third-order valence-electron chi connectivity index (χ3n) is 7.98. The minimum absolute atomic E-state index is 0.0236. The van der Waals surface area contributed by atoms with E-state index in [1.165, 1.54) is 24.8 Å². The number of carbonyl (C=O) groups is 2. The van der Waals surface area contributed by atoms with E-state index in [0.29, 0.717) is 18.8 Å². The van der Waals surface area contributed by atoms with Gasteiger partial charge >= 0.3 is 0 Å². The van der Waals surface area contributed by atoms with E-state index >= 15 is 0 Å². The van der Waals surface area contributed by atoms with Crippen molar-refractivity contribution < 1.29 is 19.4 Å². The van der Waals surface area contributed by atoms with E-state index in [-0.39, 0.29) is 30.6 Å². The van der Waals surface area contributed by atoms with Gasteiger partial charge in [0, 0.05) is 26.1 Å². The zero-order valence-corrected chi connectivity index (χ0v) is 21.1. The van der Waals surface area contributed by atoms with Crippen molar-refractivity contribution in [1.82, 2.24) is 15.1 Å². The van der Waals surface area contributed by atoms with Gasteiger partial charge < -0.3 is 25.0 Å². The number of benzene rings is 1. The Morgan fingerprint density at radius 2 is 1.71 bits per heavy atom. The Kier molecular flexibility index (Phi) is 9.98. The molecule has 4 rings (SSSR count). The van der Waals surface area contributed by atoms with Gasteiger partial charge in [-0.25, -0.2) is 0 Å². The first-order valence-corrected chi connectivity index (χ1v) is 13.7.